The summed E-state index contributed by atoms with van der Waals surface area (Å²) in [7, 11) is 0. The normalized spacial score (nSPS) is 10.7. The van der Waals surface area contributed by atoms with E-state index in [1.165, 1.54) is 19.3 Å². The number of hydrogen-bond donors (Lipinski definition) is 1. The van der Waals surface area contributed by atoms with E-state index in [4.69, 9.17) is 9.47 Å². The molecular weight excluding hydrogens is 406 g/mol. The minimum Gasteiger partial charge on any atom is -0.492 e. The maximum absolute atomic E-state index is 12.5. The number of ether oxygens (including phenoxy) is 2. The van der Waals surface area contributed by atoms with E-state index in [-0.39, 0.29) is 12.0 Å². The number of rotatable bonds is 10. The highest BCUT2D eigenvalue weighted by molar-refractivity contribution is 9.10. The van der Waals surface area contributed by atoms with E-state index in [9.17, 15) is 4.79 Å². The number of nitrogens with one attached hydrogen (secondary N) is 1. The smallest absolute Gasteiger partial charge is 0.255 e. The Bertz CT molecular complexity index is 729. The van der Waals surface area contributed by atoms with E-state index in [0.29, 0.717) is 12.2 Å². The van der Waals surface area contributed by atoms with Crippen LogP contribution in [0.3, 0.4) is 0 Å². The zero-order valence-electron chi connectivity index (χ0n) is 16.3. The van der Waals surface area contributed by atoms with Gasteiger partial charge in [0.2, 0.25) is 0 Å². The van der Waals surface area contributed by atoms with Crippen molar-refractivity contribution < 1.29 is 14.3 Å². The molecule has 4 nitrogen and oxygen atoms in total. The molecule has 1 amide bonds. The molecule has 0 fully saturated rings. The van der Waals surface area contributed by atoms with Crippen molar-refractivity contribution in [1.82, 2.24) is 0 Å². The summed E-state index contributed by atoms with van der Waals surface area (Å²) in [6.45, 7) is 6.84. The zero-order chi connectivity index (χ0) is 19.6. The van der Waals surface area contributed by atoms with Crippen molar-refractivity contribution >= 4 is 27.5 Å². The fourth-order valence-corrected chi connectivity index (χ4v) is 3.06. The summed E-state index contributed by atoms with van der Waals surface area (Å²) in [4.78, 5) is 12.5. The van der Waals surface area contributed by atoms with Gasteiger partial charge in [-0.1, -0.05) is 26.2 Å². The minimum absolute atomic E-state index is 0.121. The maximum Gasteiger partial charge on any atom is 0.255 e. The van der Waals surface area contributed by atoms with E-state index < -0.39 is 0 Å². The van der Waals surface area contributed by atoms with E-state index in [1.54, 1.807) is 12.1 Å². The van der Waals surface area contributed by atoms with Crippen molar-refractivity contribution in [3.8, 4) is 11.5 Å². The first-order chi connectivity index (χ1) is 13.0. The average Bonchev–Trinajstić information content (AvgIpc) is 2.63. The van der Waals surface area contributed by atoms with Gasteiger partial charge in [0.05, 0.1) is 17.2 Å². The van der Waals surface area contributed by atoms with Crippen molar-refractivity contribution in [3.63, 3.8) is 0 Å². The second-order valence-corrected chi connectivity index (χ2v) is 7.55. The summed E-state index contributed by atoms with van der Waals surface area (Å²) in [6.07, 6.45) is 4.78. The van der Waals surface area contributed by atoms with E-state index in [1.807, 2.05) is 44.2 Å². The van der Waals surface area contributed by atoms with Gasteiger partial charge in [-0.15, -0.1) is 0 Å². The lowest BCUT2D eigenvalue weighted by Crippen LogP contribution is -2.12. The number of unbranched alkanes of at least 4 members (excludes halogenated alkanes) is 3. The Morgan fingerprint density at radius 1 is 1.07 bits per heavy atom. The molecule has 0 aromatic heterocycles. The molecule has 0 saturated carbocycles. The highest BCUT2D eigenvalue weighted by atomic mass is 79.9. The summed E-state index contributed by atoms with van der Waals surface area (Å²) in [5.74, 6) is 1.38. The van der Waals surface area contributed by atoms with Crippen LogP contribution in [-0.4, -0.2) is 18.6 Å². The number of anilines is 1. The van der Waals surface area contributed by atoms with Gasteiger partial charge in [-0.2, -0.15) is 0 Å². The summed E-state index contributed by atoms with van der Waals surface area (Å²) >= 11 is 3.49. The fraction of sp³-hybridized carbons (Fsp3) is 0.409. The van der Waals surface area contributed by atoms with Crippen molar-refractivity contribution in [1.29, 1.82) is 0 Å². The molecule has 0 atom stereocenters. The van der Waals surface area contributed by atoms with Crippen LogP contribution in [0.2, 0.25) is 0 Å². The summed E-state index contributed by atoms with van der Waals surface area (Å²) in [5.41, 5.74) is 1.30. The Labute approximate surface area is 170 Å². The molecule has 0 bridgehead atoms. The van der Waals surface area contributed by atoms with Crippen LogP contribution in [0, 0.1) is 0 Å². The van der Waals surface area contributed by atoms with Gasteiger partial charge < -0.3 is 14.8 Å². The van der Waals surface area contributed by atoms with Gasteiger partial charge >= 0.3 is 0 Å². The van der Waals surface area contributed by atoms with Crippen LogP contribution in [0.25, 0.3) is 0 Å². The molecule has 0 aliphatic rings. The SMILES string of the molecule is CCCCCCOc1ccc(C(=O)Nc2ccc(OC(C)C)cc2)cc1Br. The standard InChI is InChI=1S/C22H28BrNO3/c1-4-5-6-7-14-26-21-13-8-17(15-20(21)23)22(25)24-18-9-11-19(12-10-18)27-16(2)3/h8-13,15-16H,4-7,14H2,1-3H3,(H,24,25). The predicted octanol–water partition coefficient (Wildman–Crippen LogP) is 6.45. The predicted molar refractivity (Wildman–Crippen MR) is 114 cm³/mol. The van der Waals surface area contributed by atoms with Crippen LogP contribution < -0.4 is 14.8 Å². The molecule has 1 N–H and O–H groups in total. The van der Waals surface area contributed by atoms with Crippen molar-refractivity contribution in [2.45, 2.75) is 52.6 Å². The maximum atomic E-state index is 12.5. The summed E-state index contributed by atoms with van der Waals surface area (Å²) < 4.78 is 12.2. The monoisotopic (exact) mass is 433 g/mol. The van der Waals surface area contributed by atoms with E-state index in [0.717, 1.165) is 28.1 Å². The molecule has 0 saturated heterocycles. The van der Waals surface area contributed by atoms with Gasteiger partial charge in [-0.3, -0.25) is 4.79 Å². The number of carbonyl (C=O) groups excluding carboxylic acids is 1. The summed E-state index contributed by atoms with van der Waals surface area (Å²) in [5, 5.41) is 2.90. The molecule has 2 rings (SSSR count). The number of amides is 1. The molecule has 0 aliphatic carbocycles. The Morgan fingerprint density at radius 2 is 1.81 bits per heavy atom. The summed E-state index contributed by atoms with van der Waals surface area (Å²) in [6, 6.07) is 12.8. The van der Waals surface area contributed by atoms with Gasteiger partial charge in [0.1, 0.15) is 11.5 Å². The third-order valence-corrected chi connectivity index (χ3v) is 4.55. The Hall–Kier alpha value is -2.01. The first-order valence-corrected chi connectivity index (χ1v) is 10.3. The van der Waals surface area contributed by atoms with Gasteiger partial charge in [0.15, 0.2) is 0 Å². The van der Waals surface area contributed by atoms with Gasteiger partial charge in [0, 0.05) is 11.3 Å². The molecule has 2 aromatic rings. The fourth-order valence-electron chi connectivity index (χ4n) is 2.56. The molecule has 0 heterocycles. The van der Waals surface area contributed by atoms with Crippen molar-refractivity contribution in [2.75, 3.05) is 11.9 Å². The number of hydrogen-bond acceptors (Lipinski definition) is 3. The molecule has 5 heteroatoms. The molecule has 2 aromatic carbocycles. The van der Waals surface area contributed by atoms with E-state index >= 15 is 0 Å². The largest absolute Gasteiger partial charge is 0.492 e. The van der Waals surface area contributed by atoms with Crippen molar-refractivity contribution in [3.05, 3.63) is 52.5 Å². The first kappa shape index (κ1) is 21.3. The molecule has 0 radical (unpaired) electrons. The van der Waals surface area contributed by atoms with Crippen LogP contribution in [0.1, 0.15) is 56.8 Å². The molecule has 146 valence electrons. The Balaban J connectivity index is 1.91. The Kier molecular flexibility index (Phi) is 8.65. The average molecular weight is 434 g/mol. The third kappa shape index (κ3) is 7.25. The second kappa shape index (κ2) is 11.0. The van der Waals surface area contributed by atoms with Gasteiger partial charge in [0.25, 0.3) is 5.91 Å². The lowest BCUT2D eigenvalue weighted by molar-refractivity contribution is 0.102. The highest BCUT2D eigenvalue weighted by Gasteiger charge is 2.10. The molecule has 27 heavy (non-hydrogen) atoms. The van der Waals surface area contributed by atoms with Crippen LogP contribution in [0.15, 0.2) is 46.9 Å². The van der Waals surface area contributed by atoms with Crippen LogP contribution >= 0.6 is 15.9 Å². The van der Waals surface area contributed by atoms with Crippen LogP contribution in [0.4, 0.5) is 5.69 Å². The van der Waals surface area contributed by atoms with Gasteiger partial charge in [-0.25, -0.2) is 0 Å². The number of benzene rings is 2. The molecule has 0 aliphatic heterocycles. The molecule has 0 unspecified atom stereocenters. The number of carbonyl (C=O) groups is 1. The first-order valence-electron chi connectivity index (χ1n) is 9.50. The van der Waals surface area contributed by atoms with E-state index in [2.05, 4.69) is 28.2 Å². The molecular formula is C22H28BrNO3. The van der Waals surface area contributed by atoms with Crippen LogP contribution in [-0.2, 0) is 0 Å². The third-order valence-electron chi connectivity index (χ3n) is 3.93. The molecule has 0 spiro atoms. The quantitative estimate of drug-likeness (QED) is 0.438. The Morgan fingerprint density at radius 3 is 2.44 bits per heavy atom. The minimum atomic E-state index is -0.164. The zero-order valence-corrected chi connectivity index (χ0v) is 17.8. The van der Waals surface area contributed by atoms with Gasteiger partial charge in [-0.05, 0) is 78.7 Å². The number of halogens is 1. The topological polar surface area (TPSA) is 47.6 Å². The van der Waals surface area contributed by atoms with Crippen molar-refractivity contribution in [2.24, 2.45) is 0 Å². The lowest BCUT2D eigenvalue weighted by Gasteiger charge is -2.12. The van der Waals surface area contributed by atoms with Crippen LogP contribution in [0.5, 0.6) is 11.5 Å². The highest BCUT2D eigenvalue weighted by Crippen LogP contribution is 2.27. The lowest BCUT2D eigenvalue weighted by atomic mass is 10.2. The second-order valence-electron chi connectivity index (χ2n) is 6.70.